The highest BCUT2D eigenvalue weighted by Crippen LogP contribution is 2.16. The van der Waals surface area contributed by atoms with Gasteiger partial charge in [0.1, 0.15) is 0 Å². The lowest BCUT2D eigenvalue weighted by Gasteiger charge is -2.32. The minimum Gasteiger partial charge on any atom is -0.481 e. The molecule has 1 rings (SSSR count). The van der Waals surface area contributed by atoms with E-state index in [1.54, 1.807) is 11.9 Å². The molecule has 1 unspecified atom stereocenters. The highest BCUT2D eigenvalue weighted by molar-refractivity contribution is 5.85. The zero-order chi connectivity index (χ0) is 15.8. The molecule has 0 aromatic heterocycles. The third-order valence-electron chi connectivity index (χ3n) is 3.92. The van der Waals surface area contributed by atoms with Crippen LogP contribution in [0.3, 0.4) is 0 Å². The SMILES string of the molecule is CCCCCC(=O)N(C)CC(=O)N1CCCC(C(=O)O)C1. The number of nitrogens with zero attached hydrogens (tertiary/aromatic N) is 2. The van der Waals surface area contributed by atoms with Crippen LogP contribution in [0.1, 0.15) is 45.4 Å². The van der Waals surface area contributed by atoms with E-state index in [4.69, 9.17) is 5.11 Å². The maximum Gasteiger partial charge on any atom is 0.308 e. The van der Waals surface area contributed by atoms with Crippen LogP contribution in [0.25, 0.3) is 0 Å². The van der Waals surface area contributed by atoms with Gasteiger partial charge in [-0.3, -0.25) is 14.4 Å². The fourth-order valence-electron chi connectivity index (χ4n) is 2.51. The van der Waals surface area contributed by atoms with Crippen molar-refractivity contribution in [2.75, 3.05) is 26.7 Å². The first kappa shape index (κ1) is 17.5. The summed E-state index contributed by atoms with van der Waals surface area (Å²) in [5.74, 6) is -1.51. The van der Waals surface area contributed by atoms with Gasteiger partial charge in [-0.25, -0.2) is 0 Å². The predicted octanol–water partition coefficient (Wildman–Crippen LogP) is 1.35. The second-order valence-corrected chi connectivity index (χ2v) is 5.72. The molecule has 1 aliphatic heterocycles. The molecule has 0 aromatic rings. The van der Waals surface area contributed by atoms with Crippen LogP contribution in [0.4, 0.5) is 0 Å². The van der Waals surface area contributed by atoms with Crippen molar-refractivity contribution in [1.82, 2.24) is 9.80 Å². The summed E-state index contributed by atoms with van der Waals surface area (Å²) in [5, 5.41) is 9.03. The number of carbonyl (C=O) groups is 3. The van der Waals surface area contributed by atoms with Gasteiger partial charge in [0, 0.05) is 26.6 Å². The molecular formula is C15H26N2O4. The molecule has 0 aliphatic carbocycles. The van der Waals surface area contributed by atoms with Gasteiger partial charge in [-0.05, 0) is 19.3 Å². The average Bonchev–Trinajstić information content (AvgIpc) is 2.47. The van der Waals surface area contributed by atoms with Crippen molar-refractivity contribution in [3.05, 3.63) is 0 Å². The topological polar surface area (TPSA) is 77.9 Å². The second-order valence-electron chi connectivity index (χ2n) is 5.72. The Morgan fingerprint density at radius 3 is 2.62 bits per heavy atom. The van der Waals surface area contributed by atoms with Crippen molar-refractivity contribution in [1.29, 1.82) is 0 Å². The molecule has 21 heavy (non-hydrogen) atoms. The fourth-order valence-corrected chi connectivity index (χ4v) is 2.51. The van der Waals surface area contributed by atoms with Gasteiger partial charge in [-0.2, -0.15) is 0 Å². The predicted molar refractivity (Wildman–Crippen MR) is 78.7 cm³/mol. The van der Waals surface area contributed by atoms with Gasteiger partial charge in [0.05, 0.1) is 12.5 Å². The molecule has 1 fully saturated rings. The summed E-state index contributed by atoms with van der Waals surface area (Å²) in [6, 6.07) is 0. The molecule has 2 amide bonds. The molecular weight excluding hydrogens is 272 g/mol. The zero-order valence-corrected chi connectivity index (χ0v) is 13.0. The van der Waals surface area contributed by atoms with Crippen molar-refractivity contribution in [2.24, 2.45) is 5.92 Å². The number of unbranched alkanes of at least 4 members (excludes halogenated alkanes) is 2. The van der Waals surface area contributed by atoms with Crippen LogP contribution in [0.5, 0.6) is 0 Å². The van der Waals surface area contributed by atoms with E-state index in [0.29, 0.717) is 25.8 Å². The number of hydrogen-bond acceptors (Lipinski definition) is 3. The summed E-state index contributed by atoms with van der Waals surface area (Å²) in [4.78, 5) is 38.0. The highest BCUT2D eigenvalue weighted by atomic mass is 16.4. The number of piperidine rings is 1. The third-order valence-corrected chi connectivity index (χ3v) is 3.92. The third kappa shape index (κ3) is 5.73. The summed E-state index contributed by atoms with van der Waals surface area (Å²) >= 11 is 0. The first-order chi connectivity index (χ1) is 9.95. The Morgan fingerprint density at radius 2 is 2.00 bits per heavy atom. The minimum absolute atomic E-state index is 0.0244. The molecule has 0 spiro atoms. The number of carbonyl (C=O) groups excluding carboxylic acids is 2. The Kier molecular flexibility index (Phi) is 7.19. The largest absolute Gasteiger partial charge is 0.481 e. The number of aliphatic carboxylic acids is 1. The summed E-state index contributed by atoms with van der Waals surface area (Å²) in [6.45, 7) is 2.96. The fraction of sp³-hybridized carbons (Fsp3) is 0.800. The van der Waals surface area contributed by atoms with Crippen molar-refractivity contribution < 1.29 is 19.5 Å². The van der Waals surface area contributed by atoms with E-state index < -0.39 is 11.9 Å². The van der Waals surface area contributed by atoms with Gasteiger partial charge in [-0.1, -0.05) is 19.8 Å². The molecule has 0 bridgehead atoms. The van der Waals surface area contributed by atoms with Crippen molar-refractivity contribution in [3.8, 4) is 0 Å². The molecule has 1 heterocycles. The lowest BCUT2D eigenvalue weighted by Crippen LogP contribution is -2.46. The normalized spacial score (nSPS) is 18.4. The van der Waals surface area contributed by atoms with Gasteiger partial charge >= 0.3 is 5.97 Å². The van der Waals surface area contributed by atoms with Gasteiger partial charge in [-0.15, -0.1) is 0 Å². The number of carboxylic acid groups (broad SMARTS) is 1. The Morgan fingerprint density at radius 1 is 1.29 bits per heavy atom. The van der Waals surface area contributed by atoms with Crippen molar-refractivity contribution >= 4 is 17.8 Å². The molecule has 1 atom stereocenters. The van der Waals surface area contributed by atoms with Crippen LogP contribution >= 0.6 is 0 Å². The monoisotopic (exact) mass is 298 g/mol. The molecule has 6 nitrogen and oxygen atoms in total. The van der Waals surface area contributed by atoms with Crippen molar-refractivity contribution in [3.63, 3.8) is 0 Å². The standard InChI is InChI=1S/C15H26N2O4/c1-3-4-5-8-13(18)16(2)11-14(19)17-9-6-7-12(10-17)15(20)21/h12H,3-11H2,1-2H3,(H,20,21). The maximum atomic E-state index is 12.2. The van der Waals surface area contributed by atoms with Crippen LogP contribution in [0.15, 0.2) is 0 Å². The number of likely N-dealkylation sites (tertiary alicyclic amines) is 1. The van der Waals surface area contributed by atoms with Gasteiger partial charge in [0.15, 0.2) is 0 Å². The first-order valence-electron chi connectivity index (χ1n) is 7.70. The molecule has 0 radical (unpaired) electrons. The Balaban J connectivity index is 2.41. The lowest BCUT2D eigenvalue weighted by molar-refractivity contribution is -0.147. The summed E-state index contributed by atoms with van der Waals surface area (Å²) in [6.07, 6.45) is 4.70. The molecule has 0 saturated carbocycles. The van der Waals surface area contributed by atoms with Crippen LogP contribution in [0, 0.1) is 5.92 Å². The van der Waals surface area contributed by atoms with Crippen LogP contribution in [-0.2, 0) is 14.4 Å². The summed E-state index contributed by atoms with van der Waals surface area (Å²) < 4.78 is 0. The summed E-state index contributed by atoms with van der Waals surface area (Å²) in [5.41, 5.74) is 0. The number of carboxylic acids is 1. The van der Waals surface area contributed by atoms with Crippen LogP contribution in [-0.4, -0.2) is 59.4 Å². The van der Waals surface area contributed by atoms with E-state index in [1.165, 1.54) is 4.90 Å². The molecule has 1 saturated heterocycles. The van der Waals surface area contributed by atoms with E-state index in [0.717, 1.165) is 19.3 Å². The summed E-state index contributed by atoms with van der Waals surface area (Å²) in [7, 11) is 1.63. The van der Waals surface area contributed by atoms with Crippen LogP contribution in [0.2, 0.25) is 0 Å². The van der Waals surface area contributed by atoms with Crippen molar-refractivity contribution in [2.45, 2.75) is 45.4 Å². The van der Waals surface area contributed by atoms with E-state index in [1.807, 2.05) is 0 Å². The Hall–Kier alpha value is -1.59. The van der Waals surface area contributed by atoms with Gasteiger partial charge in [0.25, 0.3) is 0 Å². The van der Waals surface area contributed by atoms with Gasteiger partial charge in [0.2, 0.25) is 11.8 Å². The zero-order valence-electron chi connectivity index (χ0n) is 13.0. The average molecular weight is 298 g/mol. The highest BCUT2D eigenvalue weighted by Gasteiger charge is 2.28. The number of rotatable bonds is 7. The lowest BCUT2D eigenvalue weighted by atomic mass is 9.98. The van der Waals surface area contributed by atoms with Gasteiger partial charge < -0.3 is 14.9 Å². The molecule has 6 heteroatoms. The second kappa shape index (κ2) is 8.64. The Labute approximate surface area is 126 Å². The van der Waals surface area contributed by atoms with E-state index >= 15 is 0 Å². The van der Waals surface area contributed by atoms with Crippen LogP contribution < -0.4 is 0 Å². The van der Waals surface area contributed by atoms with E-state index in [2.05, 4.69) is 6.92 Å². The minimum atomic E-state index is -0.850. The quantitative estimate of drug-likeness (QED) is 0.720. The molecule has 1 aliphatic rings. The molecule has 0 aromatic carbocycles. The number of amides is 2. The maximum absolute atomic E-state index is 12.2. The number of hydrogen-bond donors (Lipinski definition) is 1. The Bertz CT molecular complexity index is 384. The molecule has 1 N–H and O–H groups in total. The number of likely N-dealkylation sites (N-methyl/N-ethyl adjacent to an activating group) is 1. The smallest absolute Gasteiger partial charge is 0.308 e. The van der Waals surface area contributed by atoms with E-state index in [9.17, 15) is 14.4 Å². The van der Waals surface area contributed by atoms with E-state index in [-0.39, 0.29) is 24.9 Å². The molecule has 120 valence electrons. The first-order valence-corrected chi connectivity index (χ1v) is 7.70.